The average Bonchev–Trinajstić information content (AvgIpc) is 2.14. The molecule has 0 amide bonds. The van der Waals surface area contributed by atoms with Crippen LogP contribution in [-0.2, 0) is 20.6 Å². The monoisotopic (exact) mass is 269 g/mol. The van der Waals surface area contributed by atoms with Crippen LogP contribution in [0.4, 0.5) is 0 Å². The summed E-state index contributed by atoms with van der Waals surface area (Å²) < 4.78 is 33.5. The lowest BCUT2D eigenvalue weighted by Crippen LogP contribution is -2.34. The van der Waals surface area contributed by atoms with E-state index in [2.05, 4.69) is 12.2 Å². The van der Waals surface area contributed by atoms with Gasteiger partial charge in [-0.15, -0.1) is 0 Å². The van der Waals surface area contributed by atoms with Crippen molar-refractivity contribution in [1.82, 2.24) is 5.32 Å². The van der Waals surface area contributed by atoms with Crippen LogP contribution in [0.25, 0.3) is 0 Å². The molecule has 0 aromatic heterocycles. The maximum Gasteiger partial charge on any atom is 0.148 e. The fraction of sp³-hybridized carbons (Fsp3) is 1.00. The quantitative estimate of drug-likeness (QED) is 0.664. The van der Waals surface area contributed by atoms with E-state index in [0.29, 0.717) is 5.75 Å². The molecule has 0 radical (unpaired) electrons. The van der Waals surface area contributed by atoms with Crippen molar-refractivity contribution in [2.75, 3.05) is 30.1 Å². The SMILES string of the molecule is CCCC(CS(=O)CCS(C)(=O)=O)NCC. The van der Waals surface area contributed by atoms with E-state index in [1.165, 1.54) is 6.26 Å². The molecule has 0 saturated heterocycles. The van der Waals surface area contributed by atoms with Gasteiger partial charge in [-0.1, -0.05) is 20.3 Å². The maximum absolute atomic E-state index is 11.7. The first-order valence-electron chi connectivity index (χ1n) is 5.65. The van der Waals surface area contributed by atoms with Crippen molar-refractivity contribution in [3.05, 3.63) is 0 Å². The fourth-order valence-electron chi connectivity index (χ4n) is 1.43. The zero-order chi connectivity index (χ0) is 12.6. The van der Waals surface area contributed by atoms with Gasteiger partial charge >= 0.3 is 0 Å². The second-order valence-corrected chi connectivity index (χ2v) is 7.86. The van der Waals surface area contributed by atoms with Crippen LogP contribution in [0.15, 0.2) is 0 Å². The van der Waals surface area contributed by atoms with E-state index in [1.807, 2.05) is 6.92 Å². The standard InChI is InChI=1S/C10H23NO3S2/c1-4-6-10(11-5-2)9-15(12)7-8-16(3,13)14/h10-11H,4-9H2,1-3H3. The highest BCUT2D eigenvalue weighted by Gasteiger charge is 2.12. The molecule has 0 fully saturated rings. The van der Waals surface area contributed by atoms with E-state index in [0.717, 1.165) is 19.4 Å². The highest BCUT2D eigenvalue weighted by molar-refractivity contribution is 7.92. The second-order valence-electron chi connectivity index (χ2n) is 3.98. The first-order valence-corrected chi connectivity index (χ1v) is 9.20. The molecule has 0 aliphatic rings. The topological polar surface area (TPSA) is 63.2 Å². The van der Waals surface area contributed by atoms with E-state index >= 15 is 0 Å². The first-order chi connectivity index (χ1) is 7.39. The summed E-state index contributed by atoms with van der Waals surface area (Å²) in [6, 6.07) is 0.246. The summed E-state index contributed by atoms with van der Waals surface area (Å²) in [5, 5.41) is 3.27. The highest BCUT2D eigenvalue weighted by Crippen LogP contribution is 2.00. The molecule has 0 aromatic carbocycles. The van der Waals surface area contributed by atoms with Crippen molar-refractivity contribution in [3.8, 4) is 0 Å². The van der Waals surface area contributed by atoms with Gasteiger partial charge in [0.05, 0.1) is 5.75 Å². The Hall–Kier alpha value is 0.0600. The van der Waals surface area contributed by atoms with Gasteiger partial charge in [-0.25, -0.2) is 8.42 Å². The molecule has 0 aliphatic heterocycles. The Morgan fingerprint density at radius 2 is 1.94 bits per heavy atom. The minimum absolute atomic E-state index is 0.0184. The van der Waals surface area contributed by atoms with E-state index < -0.39 is 20.6 Å². The molecule has 2 unspecified atom stereocenters. The van der Waals surface area contributed by atoms with Crippen LogP contribution < -0.4 is 5.32 Å². The minimum atomic E-state index is -2.99. The second kappa shape index (κ2) is 8.20. The Labute approximate surface area is 102 Å². The molecule has 0 heterocycles. The predicted octanol–water partition coefficient (Wildman–Crippen LogP) is 0.558. The largest absolute Gasteiger partial charge is 0.313 e. The van der Waals surface area contributed by atoms with Crippen molar-refractivity contribution in [1.29, 1.82) is 0 Å². The molecule has 0 aromatic rings. The highest BCUT2D eigenvalue weighted by atomic mass is 32.2. The van der Waals surface area contributed by atoms with Gasteiger partial charge in [0.2, 0.25) is 0 Å². The lowest BCUT2D eigenvalue weighted by molar-refractivity contribution is 0.525. The molecule has 4 nitrogen and oxygen atoms in total. The van der Waals surface area contributed by atoms with Crippen LogP contribution in [0.3, 0.4) is 0 Å². The third-order valence-electron chi connectivity index (χ3n) is 2.20. The van der Waals surface area contributed by atoms with Crippen molar-refractivity contribution in [2.45, 2.75) is 32.7 Å². The third-order valence-corrected chi connectivity index (χ3v) is 4.84. The minimum Gasteiger partial charge on any atom is -0.313 e. The zero-order valence-corrected chi connectivity index (χ0v) is 12.0. The van der Waals surface area contributed by atoms with Gasteiger partial charge in [0.1, 0.15) is 9.84 Å². The van der Waals surface area contributed by atoms with Crippen molar-refractivity contribution >= 4 is 20.6 Å². The lowest BCUT2D eigenvalue weighted by atomic mass is 10.2. The van der Waals surface area contributed by atoms with Crippen LogP contribution in [-0.4, -0.2) is 48.7 Å². The summed E-state index contributed by atoms with van der Waals surface area (Å²) in [7, 11) is -4.03. The van der Waals surface area contributed by atoms with Crippen LogP contribution >= 0.6 is 0 Å². The number of rotatable bonds is 9. The summed E-state index contributed by atoms with van der Waals surface area (Å²) in [4.78, 5) is 0. The Morgan fingerprint density at radius 1 is 1.31 bits per heavy atom. The van der Waals surface area contributed by atoms with Crippen LogP contribution in [0, 0.1) is 0 Å². The Balaban J connectivity index is 3.99. The lowest BCUT2D eigenvalue weighted by Gasteiger charge is -2.16. The van der Waals surface area contributed by atoms with Crippen LogP contribution in [0.1, 0.15) is 26.7 Å². The van der Waals surface area contributed by atoms with Gasteiger partial charge in [-0.2, -0.15) is 0 Å². The number of hydrogen-bond donors (Lipinski definition) is 1. The molecular weight excluding hydrogens is 246 g/mol. The number of nitrogens with one attached hydrogen (secondary N) is 1. The van der Waals surface area contributed by atoms with Gasteiger partial charge in [0.25, 0.3) is 0 Å². The molecule has 6 heteroatoms. The van der Waals surface area contributed by atoms with Crippen molar-refractivity contribution < 1.29 is 12.6 Å². The van der Waals surface area contributed by atoms with E-state index in [9.17, 15) is 12.6 Å². The fourth-order valence-corrected chi connectivity index (χ4v) is 4.29. The number of sulfone groups is 1. The molecule has 0 saturated carbocycles. The van der Waals surface area contributed by atoms with Gasteiger partial charge in [-0.05, 0) is 13.0 Å². The molecule has 0 spiro atoms. The molecule has 0 bridgehead atoms. The summed E-state index contributed by atoms with van der Waals surface area (Å²) in [5.74, 6) is 0.826. The smallest absolute Gasteiger partial charge is 0.148 e. The normalized spacial score (nSPS) is 15.9. The third kappa shape index (κ3) is 9.30. The molecule has 0 aliphatic carbocycles. The van der Waals surface area contributed by atoms with E-state index in [-0.39, 0.29) is 17.5 Å². The predicted molar refractivity (Wildman–Crippen MR) is 70.0 cm³/mol. The maximum atomic E-state index is 11.7. The molecular formula is C10H23NO3S2. The summed E-state index contributed by atoms with van der Waals surface area (Å²) in [6.45, 7) is 4.96. The molecule has 98 valence electrons. The molecule has 16 heavy (non-hydrogen) atoms. The Bertz CT molecular complexity index is 295. The van der Waals surface area contributed by atoms with Gasteiger partial charge in [0, 0.05) is 34.6 Å². The summed E-state index contributed by atoms with van der Waals surface area (Å²) in [5.41, 5.74) is 0. The molecule has 2 atom stereocenters. The first kappa shape index (κ1) is 16.1. The molecule has 0 rings (SSSR count). The van der Waals surface area contributed by atoms with E-state index in [4.69, 9.17) is 0 Å². The van der Waals surface area contributed by atoms with Crippen molar-refractivity contribution in [3.63, 3.8) is 0 Å². The number of hydrogen-bond acceptors (Lipinski definition) is 4. The van der Waals surface area contributed by atoms with Gasteiger partial charge < -0.3 is 5.32 Å². The molecule has 1 N–H and O–H groups in total. The Kier molecular flexibility index (Phi) is 8.23. The van der Waals surface area contributed by atoms with E-state index in [1.54, 1.807) is 0 Å². The van der Waals surface area contributed by atoms with Gasteiger partial charge in [-0.3, -0.25) is 4.21 Å². The summed E-state index contributed by atoms with van der Waals surface area (Å²) >= 11 is 0. The van der Waals surface area contributed by atoms with Crippen LogP contribution in [0.2, 0.25) is 0 Å². The van der Waals surface area contributed by atoms with Crippen LogP contribution in [0.5, 0.6) is 0 Å². The average molecular weight is 269 g/mol. The van der Waals surface area contributed by atoms with Crippen molar-refractivity contribution in [2.24, 2.45) is 0 Å². The Morgan fingerprint density at radius 3 is 2.38 bits per heavy atom. The zero-order valence-electron chi connectivity index (χ0n) is 10.4. The van der Waals surface area contributed by atoms with Gasteiger partial charge in [0.15, 0.2) is 0 Å². The summed E-state index contributed by atoms with van der Waals surface area (Å²) in [6.07, 6.45) is 3.21.